The number of thiazole rings is 1. The fourth-order valence-corrected chi connectivity index (χ4v) is 3.61. The second-order valence-electron chi connectivity index (χ2n) is 5.42. The lowest BCUT2D eigenvalue weighted by Gasteiger charge is -2.26. The molecule has 1 aliphatic rings. The molecule has 0 atom stereocenters. The van der Waals surface area contributed by atoms with Crippen LogP contribution in [-0.2, 0) is 0 Å². The van der Waals surface area contributed by atoms with Crippen LogP contribution in [0.5, 0.6) is 0 Å². The van der Waals surface area contributed by atoms with Crippen molar-refractivity contribution in [3.8, 4) is 0 Å². The van der Waals surface area contributed by atoms with E-state index in [2.05, 4.69) is 4.98 Å². The first-order valence-electron chi connectivity index (χ1n) is 6.95. The van der Waals surface area contributed by atoms with Crippen LogP contribution >= 0.6 is 11.3 Å². The van der Waals surface area contributed by atoms with Gasteiger partial charge >= 0.3 is 5.97 Å². The Morgan fingerprint density at radius 3 is 2.50 bits per heavy atom. The average molecular weight is 296 g/mol. The predicted molar refractivity (Wildman–Crippen MR) is 78.9 cm³/mol. The molecule has 0 radical (unpaired) electrons. The van der Waals surface area contributed by atoms with Gasteiger partial charge in [0.25, 0.3) is 0 Å². The minimum absolute atomic E-state index is 0.118. The van der Waals surface area contributed by atoms with Crippen LogP contribution < -0.4 is 4.90 Å². The van der Waals surface area contributed by atoms with Crippen molar-refractivity contribution in [3.63, 3.8) is 0 Å². The van der Waals surface area contributed by atoms with Gasteiger partial charge in [0.05, 0.1) is 0 Å². The third-order valence-electron chi connectivity index (χ3n) is 3.72. The first-order chi connectivity index (χ1) is 9.49. The summed E-state index contributed by atoms with van der Waals surface area (Å²) in [6, 6.07) is 0. The molecular formula is C14H20N2O3S. The normalized spacial score (nSPS) is 16.1. The van der Waals surface area contributed by atoms with Crippen LogP contribution in [0.4, 0.5) is 5.13 Å². The molecule has 1 aliphatic carbocycles. The van der Waals surface area contributed by atoms with Crippen LogP contribution in [0.2, 0.25) is 0 Å². The minimum atomic E-state index is -1.14. The lowest BCUT2D eigenvalue weighted by atomic mass is 9.89. The van der Waals surface area contributed by atoms with Crippen molar-refractivity contribution in [3.05, 3.63) is 10.6 Å². The topological polar surface area (TPSA) is 70.5 Å². The summed E-state index contributed by atoms with van der Waals surface area (Å²) in [6.45, 7) is 2.26. The van der Waals surface area contributed by atoms with Crippen molar-refractivity contribution < 1.29 is 14.7 Å². The van der Waals surface area contributed by atoms with E-state index in [0.717, 1.165) is 6.54 Å². The summed E-state index contributed by atoms with van der Waals surface area (Å²) in [5.74, 6) is -0.729. The number of hydrogen-bond donors (Lipinski definition) is 1. The molecule has 110 valence electrons. The molecule has 0 amide bonds. The Morgan fingerprint density at radius 1 is 1.35 bits per heavy atom. The number of hydrogen-bond acceptors (Lipinski definition) is 5. The lowest BCUT2D eigenvalue weighted by molar-refractivity contribution is 0.0687. The van der Waals surface area contributed by atoms with Crippen molar-refractivity contribution in [1.82, 2.24) is 4.98 Å². The fourth-order valence-electron chi connectivity index (χ4n) is 2.69. The number of anilines is 1. The van der Waals surface area contributed by atoms with E-state index < -0.39 is 5.97 Å². The molecule has 0 saturated heterocycles. The Labute approximate surface area is 122 Å². The van der Waals surface area contributed by atoms with E-state index in [1.54, 1.807) is 0 Å². The molecule has 0 aliphatic heterocycles. The Morgan fingerprint density at radius 2 is 2.00 bits per heavy atom. The molecular weight excluding hydrogens is 276 g/mol. The van der Waals surface area contributed by atoms with Crippen molar-refractivity contribution in [1.29, 1.82) is 0 Å². The number of carboxylic acids is 1. The van der Waals surface area contributed by atoms with E-state index in [1.807, 2.05) is 11.9 Å². The Kier molecular flexibility index (Phi) is 4.75. The third kappa shape index (κ3) is 3.36. The number of carboxylic acid groups (broad SMARTS) is 1. The van der Waals surface area contributed by atoms with E-state index in [-0.39, 0.29) is 16.4 Å². The molecule has 1 aromatic heterocycles. The zero-order valence-electron chi connectivity index (χ0n) is 11.9. The first kappa shape index (κ1) is 15.0. The molecule has 2 rings (SSSR count). The quantitative estimate of drug-likeness (QED) is 0.846. The van der Waals surface area contributed by atoms with Crippen LogP contribution in [0.3, 0.4) is 0 Å². The molecule has 1 heterocycles. The highest BCUT2D eigenvalue weighted by atomic mass is 32.1. The van der Waals surface area contributed by atoms with Gasteiger partial charge in [0.1, 0.15) is 4.88 Å². The summed E-state index contributed by atoms with van der Waals surface area (Å²) >= 11 is 1.18. The molecule has 6 heteroatoms. The number of nitrogens with zero attached hydrogens (tertiary/aromatic N) is 2. The Hall–Kier alpha value is -1.43. The van der Waals surface area contributed by atoms with Gasteiger partial charge in [-0.3, -0.25) is 4.79 Å². The maximum Gasteiger partial charge on any atom is 0.356 e. The Balaban J connectivity index is 2.13. The van der Waals surface area contributed by atoms with Crippen molar-refractivity contribution in [2.45, 2.75) is 39.0 Å². The largest absolute Gasteiger partial charge is 0.476 e. The zero-order chi connectivity index (χ0) is 14.7. The smallest absolute Gasteiger partial charge is 0.356 e. The second-order valence-corrected chi connectivity index (χ2v) is 6.40. The average Bonchev–Trinajstić information content (AvgIpc) is 2.85. The predicted octanol–water partition coefficient (Wildman–Crippen LogP) is 3.06. The molecule has 0 spiro atoms. The molecule has 1 N–H and O–H groups in total. The van der Waals surface area contributed by atoms with E-state index >= 15 is 0 Å². The van der Waals surface area contributed by atoms with E-state index in [0.29, 0.717) is 11.0 Å². The van der Waals surface area contributed by atoms with E-state index in [9.17, 15) is 9.59 Å². The number of Topliss-reactive ketones (excluding diaryl/α,β-unsaturated/α-hetero) is 1. The summed E-state index contributed by atoms with van der Waals surface area (Å²) < 4.78 is 0. The van der Waals surface area contributed by atoms with Crippen LogP contribution in [-0.4, -0.2) is 35.4 Å². The van der Waals surface area contributed by atoms with Crippen LogP contribution in [0.1, 0.15) is 59.2 Å². The SMILES string of the molecule is CC(=O)c1sc(N(C)CC2CCCCC2)nc1C(=O)O. The highest BCUT2D eigenvalue weighted by Crippen LogP contribution is 2.29. The Bertz CT molecular complexity index is 475. The zero-order valence-corrected chi connectivity index (χ0v) is 12.7. The lowest BCUT2D eigenvalue weighted by Crippen LogP contribution is -2.26. The molecule has 1 saturated carbocycles. The van der Waals surface area contributed by atoms with Gasteiger partial charge in [-0.05, 0) is 18.8 Å². The van der Waals surface area contributed by atoms with Crippen LogP contribution in [0.25, 0.3) is 0 Å². The molecule has 5 nitrogen and oxygen atoms in total. The van der Waals surface area contributed by atoms with Crippen molar-refractivity contribution in [2.24, 2.45) is 5.92 Å². The second kappa shape index (κ2) is 6.35. The molecule has 1 aromatic rings. The number of ketones is 1. The summed E-state index contributed by atoms with van der Waals surface area (Å²) in [5.41, 5.74) is -0.118. The monoisotopic (exact) mass is 296 g/mol. The number of aromatic nitrogens is 1. The molecule has 20 heavy (non-hydrogen) atoms. The summed E-state index contributed by atoms with van der Waals surface area (Å²) in [4.78, 5) is 29.0. The fraction of sp³-hybridized carbons (Fsp3) is 0.643. The summed E-state index contributed by atoms with van der Waals surface area (Å²) in [7, 11) is 1.92. The molecule has 1 fully saturated rings. The van der Waals surface area contributed by atoms with Gasteiger partial charge in [0.2, 0.25) is 0 Å². The first-order valence-corrected chi connectivity index (χ1v) is 7.77. The van der Waals surface area contributed by atoms with Crippen LogP contribution in [0, 0.1) is 5.92 Å². The summed E-state index contributed by atoms with van der Waals surface area (Å²) in [5, 5.41) is 9.73. The van der Waals surface area contributed by atoms with Gasteiger partial charge in [-0.2, -0.15) is 0 Å². The number of carbonyl (C=O) groups excluding carboxylic acids is 1. The molecule has 0 aromatic carbocycles. The van der Waals surface area contributed by atoms with Gasteiger partial charge in [-0.1, -0.05) is 30.6 Å². The standard InChI is InChI=1S/C14H20N2O3S/c1-9(17)12-11(13(18)19)15-14(20-12)16(2)8-10-6-4-3-5-7-10/h10H,3-8H2,1-2H3,(H,18,19). The van der Waals surface area contributed by atoms with Gasteiger partial charge in [0.15, 0.2) is 16.6 Å². The highest BCUT2D eigenvalue weighted by Gasteiger charge is 2.23. The van der Waals surface area contributed by atoms with E-state index in [1.165, 1.54) is 50.4 Å². The third-order valence-corrected chi connectivity index (χ3v) is 4.99. The summed E-state index contributed by atoms with van der Waals surface area (Å²) in [6.07, 6.45) is 6.31. The van der Waals surface area contributed by atoms with E-state index in [4.69, 9.17) is 5.11 Å². The van der Waals surface area contributed by atoms with Gasteiger partial charge in [0, 0.05) is 20.5 Å². The molecule has 0 unspecified atom stereocenters. The van der Waals surface area contributed by atoms with Crippen LogP contribution in [0.15, 0.2) is 0 Å². The van der Waals surface area contributed by atoms with Gasteiger partial charge in [-0.25, -0.2) is 9.78 Å². The number of rotatable bonds is 5. The molecule has 0 bridgehead atoms. The highest BCUT2D eigenvalue weighted by molar-refractivity contribution is 7.17. The van der Waals surface area contributed by atoms with Crippen molar-refractivity contribution in [2.75, 3.05) is 18.5 Å². The number of carbonyl (C=O) groups is 2. The van der Waals surface area contributed by atoms with Gasteiger partial charge < -0.3 is 10.0 Å². The maximum atomic E-state index is 11.5. The van der Waals surface area contributed by atoms with Crippen molar-refractivity contribution >= 4 is 28.2 Å². The van der Waals surface area contributed by atoms with Gasteiger partial charge in [-0.15, -0.1) is 0 Å². The maximum absolute atomic E-state index is 11.5. The minimum Gasteiger partial charge on any atom is -0.476 e. The number of aromatic carboxylic acids is 1.